The summed E-state index contributed by atoms with van der Waals surface area (Å²) in [5, 5.41) is 49.7. The topological polar surface area (TPSA) is 199 Å². The highest BCUT2D eigenvalue weighted by Gasteiger charge is 2.60. The number of carbonyl (C=O) groups is 3. The smallest absolute Gasteiger partial charge is 0.343 e. The average molecular weight is 546 g/mol. The molecule has 3 heterocycles. The third-order valence-corrected chi connectivity index (χ3v) is 7.22. The Kier molecular flexibility index (Phi) is 7.05. The molecule has 3 aliphatic heterocycles. The highest BCUT2D eigenvalue weighted by atomic mass is 16.8. The van der Waals surface area contributed by atoms with Crippen molar-refractivity contribution in [2.75, 3.05) is 13.7 Å². The van der Waals surface area contributed by atoms with Crippen molar-refractivity contribution in [1.82, 2.24) is 0 Å². The van der Waals surface area contributed by atoms with Crippen LogP contribution in [0.1, 0.15) is 10.4 Å². The summed E-state index contributed by atoms with van der Waals surface area (Å²) in [7, 11) is 1.17. The minimum Gasteiger partial charge on any atom is -0.508 e. The van der Waals surface area contributed by atoms with Gasteiger partial charge in [-0.2, -0.15) is 0 Å². The van der Waals surface area contributed by atoms with E-state index in [0.717, 1.165) is 6.26 Å². The lowest BCUT2D eigenvalue weighted by atomic mass is 9.78. The Morgan fingerprint density at radius 2 is 1.77 bits per heavy atom. The molecule has 0 saturated carbocycles. The molecule has 0 unspecified atom stereocenters. The van der Waals surface area contributed by atoms with Gasteiger partial charge in [-0.25, -0.2) is 9.59 Å². The van der Waals surface area contributed by atoms with Crippen LogP contribution in [0.3, 0.4) is 0 Å². The van der Waals surface area contributed by atoms with Crippen molar-refractivity contribution in [1.29, 1.82) is 0 Å². The van der Waals surface area contributed by atoms with Gasteiger partial charge in [0.1, 0.15) is 35.7 Å². The molecule has 1 aliphatic carbocycles. The molecule has 0 radical (unpaired) electrons. The van der Waals surface area contributed by atoms with Gasteiger partial charge in [-0.15, -0.1) is 0 Å². The van der Waals surface area contributed by atoms with E-state index in [4.69, 9.17) is 23.7 Å². The number of carbonyl (C=O) groups excluding carboxylic acids is 3. The van der Waals surface area contributed by atoms with Crippen LogP contribution in [0.2, 0.25) is 0 Å². The first-order valence-corrected chi connectivity index (χ1v) is 12.0. The summed E-state index contributed by atoms with van der Waals surface area (Å²) in [6.45, 7) is -0.691. The van der Waals surface area contributed by atoms with Gasteiger partial charge >= 0.3 is 11.9 Å². The maximum Gasteiger partial charge on any atom is 0.343 e. The molecule has 208 valence electrons. The van der Waals surface area contributed by atoms with Crippen molar-refractivity contribution in [3.8, 4) is 5.75 Å². The second-order valence-electron chi connectivity index (χ2n) is 9.49. The van der Waals surface area contributed by atoms with Crippen molar-refractivity contribution in [2.45, 2.75) is 42.6 Å². The summed E-state index contributed by atoms with van der Waals surface area (Å²) in [6, 6.07) is 5.28. The standard InChI is InChI=1S/C26H26O13/c1-35-22(33)15-10-36-24(38-25-21(32)20(31)19(30)16(9-27)37-25)17-13(15)6-7-26(17)8-14(23(34)39-26)18(29)11-2-4-12(28)5-3-11/h2-8,10,13,16-17,19-21,24-25,27-28,30-32H,9H2,1H3/t13-,16+,17+,19-,20-,21+,24+,25-,26+/m0/s1. The molecule has 1 fully saturated rings. The number of benzene rings is 1. The number of fused-ring (bicyclic) bond motifs is 2. The van der Waals surface area contributed by atoms with Crippen LogP contribution >= 0.6 is 0 Å². The molecule has 0 bridgehead atoms. The number of aliphatic hydroxyl groups is 4. The molecule has 1 spiro atoms. The number of phenolic OH excluding ortho intramolecular Hbond substituents is 1. The first kappa shape index (κ1) is 27.0. The van der Waals surface area contributed by atoms with Crippen molar-refractivity contribution in [2.24, 2.45) is 11.8 Å². The number of aliphatic hydroxyl groups excluding tert-OH is 4. The predicted molar refractivity (Wildman–Crippen MR) is 125 cm³/mol. The van der Waals surface area contributed by atoms with Gasteiger partial charge in [-0.1, -0.05) is 6.08 Å². The number of hydrogen-bond donors (Lipinski definition) is 5. The summed E-state index contributed by atoms with van der Waals surface area (Å²) >= 11 is 0. The minimum atomic E-state index is -1.76. The van der Waals surface area contributed by atoms with Crippen molar-refractivity contribution < 1.29 is 63.6 Å². The summed E-state index contributed by atoms with van der Waals surface area (Å²) < 4.78 is 27.5. The number of methoxy groups -OCH3 is 1. The Hall–Kier alpha value is -3.59. The Labute approximate surface area is 221 Å². The number of hydrogen-bond acceptors (Lipinski definition) is 13. The largest absolute Gasteiger partial charge is 0.508 e. The van der Waals surface area contributed by atoms with Crippen molar-refractivity contribution >= 4 is 17.7 Å². The summed E-state index contributed by atoms with van der Waals surface area (Å²) in [5.74, 6) is -4.24. The van der Waals surface area contributed by atoms with Gasteiger partial charge in [-0.05, 0) is 36.4 Å². The van der Waals surface area contributed by atoms with Gasteiger partial charge in [0.15, 0.2) is 17.7 Å². The Balaban J connectivity index is 1.49. The molecule has 4 aliphatic rings. The lowest BCUT2D eigenvalue weighted by Crippen LogP contribution is -2.60. The SMILES string of the molecule is COC(=O)C1=CO[C@H](O[C@@H]2O[C@H](CO)[C@H](O)[C@H](O)[C@H]2O)[C@H]2[C@H]1C=C[C@@]21C=C(C(=O)c2ccc(O)cc2)C(=O)O1. The van der Waals surface area contributed by atoms with Crippen LogP contribution in [0, 0.1) is 11.8 Å². The van der Waals surface area contributed by atoms with Crippen LogP contribution in [0.4, 0.5) is 0 Å². The third-order valence-electron chi connectivity index (χ3n) is 7.22. The molecule has 0 amide bonds. The van der Waals surface area contributed by atoms with Crippen LogP contribution < -0.4 is 0 Å². The quantitative estimate of drug-likeness (QED) is 0.124. The van der Waals surface area contributed by atoms with E-state index in [9.17, 15) is 39.9 Å². The molecule has 9 atom stereocenters. The number of aromatic hydroxyl groups is 1. The maximum absolute atomic E-state index is 13.1. The van der Waals surface area contributed by atoms with E-state index in [1.54, 1.807) is 6.08 Å². The summed E-state index contributed by atoms with van der Waals surface area (Å²) in [6.07, 6.45) is -3.92. The van der Waals surface area contributed by atoms with Gasteiger partial charge in [0.05, 0.1) is 31.5 Å². The van der Waals surface area contributed by atoms with Gasteiger partial charge in [0, 0.05) is 11.5 Å². The highest BCUT2D eigenvalue weighted by molar-refractivity contribution is 6.25. The number of phenols is 1. The summed E-state index contributed by atoms with van der Waals surface area (Å²) in [5.41, 5.74) is -1.75. The first-order valence-electron chi connectivity index (χ1n) is 12.0. The van der Waals surface area contributed by atoms with E-state index in [1.165, 1.54) is 43.5 Å². The zero-order valence-corrected chi connectivity index (χ0v) is 20.4. The van der Waals surface area contributed by atoms with Crippen LogP contribution in [0.15, 0.2) is 59.9 Å². The molecule has 1 aromatic rings. The number of allylic oxidation sites excluding steroid dienone is 1. The molecule has 13 heteroatoms. The molecular formula is C26H26O13. The summed E-state index contributed by atoms with van der Waals surface area (Å²) in [4.78, 5) is 38.5. The van der Waals surface area contributed by atoms with Gasteiger partial charge in [0.2, 0.25) is 6.29 Å². The fourth-order valence-corrected chi connectivity index (χ4v) is 5.18. The average Bonchev–Trinajstić information content (AvgIpc) is 3.48. The highest BCUT2D eigenvalue weighted by Crippen LogP contribution is 2.50. The predicted octanol–water partition coefficient (Wildman–Crippen LogP) is -1.17. The second kappa shape index (κ2) is 10.2. The Morgan fingerprint density at radius 1 is 1.05 bits per heavy atom. The second-order valence-corrected chi connectivity index (χ2v) is 9.49. The maximum atomic E-state index is 13.1. The van der Waals surface area contributed by atoms with Crippen molar-refractivity contribution in [3.05, 3.63) is 65.5 Å². The molecule has 39 heavy (non-hydrogen) atoms. The minimum absolute atomic E-state index is 0.0621. The lowest BCUT2D eigenvalue weighted by Gasteiger charge is -2.44. The van der Waals surface area contributed by atoms with Crippen LogP contribution in [0.5, 0.6) is 5.75 Å². The molecular weight excluding hydrogens is 520 g/mol. The molecule has 1 saturated heterocycles. The number of ketones is 1. The van der Waals surface area contributed by atoms with E-state index in [2.05, 4.69) is 0 Å². The number of Topliss-reactive ketones (excluding diaryl/α,β-unsaturated/α-hetero) is 1. The molecule has 13 nitrogen and oxygen atoms in total. The Bertz CT molecular complexity index is 1250. The van der Waals surface area contributed by atoms with E-state index >= 15 is 0 Å². The lowest BCUT2D eigenvalue weighted by molar-refractivity contribution is -0.344. The Morgan fingerprint density at radius 3 is 2.44 bits per heavy atom. The van der Waals surface area contributed by atoms with E-state index in [-0.39, 0.29) is 22.5 Å². The monoisotopic (exact) mass is 546 g/mol. The molecule has 0 aromatic heterocycles. The van der Waals surface area contributed by atoms with Gasteiger partial charge in [-0.3, -0.25) is 4.79 Å². The number of rotatable bonds is 6. The van der Waals surface area contributed by atoms with Gasteiger partial charge < -0.3 is 49.2 Å². The third kappa shape index (κ3) is 4.52. The van der Waals surface area contributed by atoms with Crippen LogP contribution in [0.25, 0.3) is 0 Å². The number of esters is 2. The normalized spacial score (nSPS) is 37.0. The van der Waals surface area contributed by atoms with E-state index < -0.39 is 78.8 Å². The van der Waals surface area contributed by atoms with Crippen LogP contribution in [-0.2, 0) is 33.3 Å². The number of ether oxygens (including phenoxy) is 5. The first-order chi connectivity index (χ1) is 18.6. The van der Waals surface area contributed by atoms with Gasteiger partial charge in [0.25, 0.3) is 0 Å². The molecule has 5 rings (SSSR count). The fourth-order valence-electron chi connectivity index (χ4n) is 5.18. The molecule has 1 aromatic carbocycles. The molecule has 5 N–H and O–H groups in total. The fraction of sp³-hybridized carbons (Fsp3) is 0.423. The van der Waals surface area contributed by atoms with E-state index in [0.29, 0.717) is 0 Å². The zero-order valence-electron chi connectivity index (χ0n) is 20.4. The van der Waals surface area contributed by atoms with E-state index in [1.807, 2.05) is 0 Å². The zero-order chi connectivity index (χ0) is 28.1. The van der Waals surface area contributed by atoms with Crippen LogP contribution in [-0.4, -0.2) is 99.6 Å². The van der Waals surface area contributed by atoms with Crippen molar-refractivity contribution in [3.63, 3.8) is 0 Å².